The molecule has 0 spiro atoms. The van der Waals surface area contributed by atoms with Crippen molar-refractivity contribution in [2.75, 3.05) is 0 Å². The van der Waals surface area contributed by atoms with Gasteiger partial charge in [0.1, 0.15) is 28.5 Å². The molecule has 0 saturated heterocycles. The molecule has 156 valence electrons. The number of alkyl halides is 2. The van der Waals surface area contributed by atoms with Crippen molar-refractivity contribution >= 4 is 17.6 Å². The molecule has 2 aliphatic heterocycles. The van der Waals surface area contributed by atoms with E-state index in [-0.39, 0.29) is 18.6 Å². The lowest BCUT2D eigenvalue weighted by molar-refractivity contribution is 0.0896. The summed E-state index contributed by atoms with van der Waals surface area (Å²) in [7, 11) is 0. The van der Waals surface area contributed by atoms with E-state index in [1.165, 1.54) is 18.3 Å². The average molecular weight is 417 g/mol. The van der Waals surface area contributed by atoms with Crippen molar-refractivity contribution in [2.45, 2.75) is 69.9 Å². The van der Waals surface area contributed by atoms with Crippen LogP contribution in [-0.2, 0) is 24.2 Å². The summed E-state index contributed by atoms with van der Waals surface area (Å²) >= 11 is -1.27. The highest BCUT2D eigenvalue weighted by Gasteiger charge is 2.37. The van der Waals surface area contributed by atoms with Crippen LogP contribution in [0.1, 0.15) is 38.8 Å². The third-order valence-corrected chi connectivity index (χ3v) is 6.68. The van der Waals surface area contributed by atoms with E-state index in [4.69, 9.17) is 4.74 Å². The van der Waals surface area contributed by atoms with Gasteiger partial charge in [-0.05, 0) is 51.8 Å². The van der Waals surface area contributed by atoms with E-state index in [1.54, 1.807) is 0 Å². The van der Waals surface area contributed by atoms with Gasteiger partial charge in [0.2, 0.25) is 0 Å². The zero-order valence-electron chi connectivity index (χ0n) is 16.3. The Morgan fingerprint density at radius 2 is 2.11 bits per heavy atom. The fraction of sp³-hybridized carbons (Fsp3) is 0.632. The summed E-state index contributed by atoms with van der Waals surface area (Å²) in [6.45, 7) is 7.49. The van der Waals surface area contributed by atoms with E-state index in [2.05, 4.69) is 15.2 Å². The number of halogens is 3. The number of hydrogen-bond donors (Lipinski definition) is 2. The van der Waals surface area contributed by atoms with Gasteiger partial charge in [0.25, 0.3) is 6.43 Å². The molecule has 5 nitrogen and oxygen atoms in total. The highest BCUT2D eigenvalue weighted by Crippen LogP contribution is 2.37. The SMILES string of the molecule is C[C@@H](N[S@+]([O-])C(C)(C)C)C1Cc2cc(F)cc(CC3C=NN[C@@H]3C(F)F)c2O1. The van der Waals surface area contributed by atoms with Crippen LogP contribution in [0.5, 0.6) is 5.75 Å². The normalized spacial score (nSPS) is 26.1. The first-order valence-electron chi connectivity index (χ1n) is 9.29. The molecule has 0 aliphatic carbocycles. The standard InChI is InChI=1S/C19H26F3N3O2S/c1-10(25-28(26)19(2,3)4)15-8-12-7-14(20)6-11(17(12)27-15)5-13-9-23-24-16(13)18(21)22/h6-7,9-10,13,15-16,18,24-25H,5,8H2,1-4H3/t10-,13?,15?,16+,28-/m1/s1. The van der Waals surface area contributed by atoms with Gasteiger partial charge in [0.05, 0.1) is 6.04 Å². The number of nitrogens with one attached hydrogen (secondary N) is 2. The fourth-order valence-electron chi connectivity index (χ4n) is 3.37. The summed E-state index contributed by atoms with van der Waals surface area (Å²) in [6.07, 6.45) is -0.779. The fourth-order valence-corrected chi connectivity index (χ4v) is 4.21. The summed E-state index contributed by atoms with van der Waals surface area (Å²) in [6, 6.07) is 1.43. The van der Waals surface area contributed by atoms with E-state index in [0.717, 1.165) is 0 Å². The largest absolute Gasteiger partial charge is 0.598 e. The summed E-state index contributed by atoms with van der Waals surface area (Å²) in [5.41, 5.74) is 3.66. The summed E-state index contributed by atoms with van der Waals surface area (Å²) in [4.78, 5) is 0. The highest BCUT2D eigenvalue weighted by atomic mass is 32.2. The Hall–Kier alpha value is -1.45. The Kier molecular flexibility index (Phi) is 6.17. The van der Waals surface area contributed by atoms with Gasteiger partial charge in [-0.25, -0.2) is 13.2 Å². The molecule has 0 radical (unpaired) electrons. The average Bonchev–Trinajstić information content (AvgIpc) is 3.20. The molecule has 0 bridgehead atoms. The molecular weight excluding hydrogens is 391 g/mol. The van der Waals surface area contributed by atoms with Gasteiger partial charge in [-0.2, -0.15) is 5.10 Å². The molecule has 2 aliphatic rings. The number of benzene rings is 1. The maximum atomic E-state index is 14.1. The molecule has 1 aromatic carbocycles. The third kappa shape index (κ3) is 4.58. The van der Waals surface area contributed by atoms with Crippen molar-refractivity contribution in [2.24, 2.45) is 11.0 Å². The van der Waals surface area contributed by atoms with Crippen LogP contribution in [0.15, 0.2) is 17.2 Å². The van der Waals surface area contributed by atoms with Gasteiger partial charge in [-0.3, -0.25) is 0 Å². The Bertz CT molecular complexity index is 742. The predicted octanol–water partition coefficient (Wildman–Crippen LogP) is 2.95. The maximum Gasteiger partial charge on any atom is 0.260 e. The number of fused-ring (bicyclic) bond motifs is 1. The summed E-state index contributed by atoms with van der Waals surface area (Å²) in [5.74, 6) is -0.430. The maximum absolute atomic E-state index is 14.1. The number of hydrazone groups is 1. The zero-order chi connectivity index (χ0) is 20.6. The van der Waals surface area contributed by atoms with Crippen LogP contribution in [0.3, 0.4) is 0 Å². The molecule has 2 unspecified atom stereocenters. The van der Waals surface area contributed by atoms with E-state index in [9.17, 15) is 17.7 Å². The third-order valence-electron chi connectivity index (χ3n) is 4.98. The Morgan fingerprint density at radius 1 is 1.39 bits per heavy atom. The summed E-state index contributed by atoms with van der Waals surface area (Å²) in [5, 5.41) is 3.75. The van der Waals surface area contributed by atoms with Gasteiger partial charge in [-0.15, -0.1) is 4.72 Å². The van der Waals surface area contributed by atoms with Crippen molar-refractivity contribution in [1.82, 2.24) is 10.1 Å². The van der Waals surface area contributed by atoms with E-state index >= 15 is 0 Å². The van der Waals surface area contributed by atoms with Crippen molar-refractivity contribution in [3.05, 3.63) is 29.1 Å². The first-order chi connectivity index (χ1) is 13.1. The summed E-state index contributed by atoms with van der Waals surface area (Å²) < 4.78 is 61.5. The molecular formula is C19H26F3N3O2S. The highest BCUT2D eigenvalue weighted by molar-refractivity contribution is 7.90. The molecule has 0 amide bonds. The van der Waals surface area contributed by atoms with Crippen LogP contribution < -0.4 is 14.9 Å². The molecule has 3 rings (SSSR count). The van der Waals surface area contributed by atoms with Crippen LogP contribution >= 0.6 is 0 Å². The molecule has 2 N–H and O–H groups in total. The predicted molar refractivity (Wildman–Crippen MR) is 104 cm³/mol. The molecule has 0 saturated carbocycles. The van der Waals surface area contributed by atoms with Gasteiger partial charge in [-0.1, -0.05) is 0 Å². The topological polar surface area (TPSA) is 68.7 Å². The van der Waals surface area contributed by atoms with Crippen molar-refractivity contribution in [3.63, 3.8) is 0 Å². The van der Waals surface area contributed by atoms with E-state index in [1.807, 2.05) is 27.7 Å². The van der Waals surface area contributed by atoms with Crippen LogP contribution in [0.25, 0.3) is 0 Å². The van der Waals surface area contributed by atoms with Gasteiger partial charge in [0.15, 0.2) is 0 Å². The minimum absolute atomic E-state index is 0.202. The Labute approximate surface area is 166 Å². The van der Waals surface area contributed by atoms with Gasteiger partial charge >= 0.3 is 0 Å². The lowest BCUT2D eigenvalue weighted by Crippen LogP contribution is -2.49. The molecule has 2 heterocycles. The zero-order valence-corrected chi connectivity index (χ0v) is 17.2. The first-order valence-corrected chi connectivity index (χ1v) is 10.4. The number of hydrogen-bond acceptors (Lipinski definition) is 5. The molecule has 0 aromatic heterocycles. The second-order valence-corrected chi connectivity index (χ2v) is 10.3. The minimum Gasteiger partial charge on any atom is -0.598 e. The molecule has 28 heavy (non-hydrogen) atoms. The first kappa shape index (κ1) is 21.3. The molecule has 1 aromatic rings. The molecule has 0 fully saturated rings. The van der Waals surface area contributed by atoms with E-state index < -0.39 is 40.3 Å². The van der Waals surface area contributed by atoms with Crippen LogP contribution in [-0.4, -0.2) is 40.1 Å². The van der Waals surface area contributed by atoms with Crippen molar-refractivity contribution in [1.29, 1.82) is 0 Å². The second kappa shape index (κ2) is 8.12. The monoisotopic (exact) mass is 417 g/mol. The minimum atomic E-state index is -2.57. The number of rotatable bonds is 6. The lowest BCUT2D eigenvalue weighted by Gasteiger charge is -2.28. The Balaban J connectivity index is 1.74. The van der Waals surface area contributed by atoms with Crippen LogP contribution in [0.2, 0.25) is 0 Å². The number of ether oxygens (including phenoxy) is 1. The molecule has 9 heteroatoms. The smallest absolute Gasteiger partial charge is 0.260 e. The Morgan fingerprint density at radius 3 is 2.75 bits per heavy atom. The second-order valence-electron chi connectivity index (χ2n) is 8.34. The van der Waals surface area contributed by atoms with Crippen molar-refractivity contribution < 1.29 is 22.5 Å². The van der Waals surface area contributed by atoms with Gasteiger partial charge < -0.3 is 14.7 Å². The quantitative estimate of drug-likeness (QED) is 0.699. The van der Waals surface area contributed by atoms with E-state index in [0.29, 0.717) is 23.3 Å². The van der Waals surface area contributed by atoms with Crippen LogP contribution in [0.4, 0.5) is 13.2 Å². The molecule has 5 atom stereocenters. The van der Waals surface area contributed by atoms with Gasteiger partial charge in [0, 0.05) is 35.5 Å². The number of nitrogens with zero attached hydrogens (tertiary/aromatic N) is 1. The van der Waals surface area contributed by atoms with Crippen molar-refractivity contribution in [3.8, 4) is 5.75 Å². The lowest BCUT2D eigenvalue weighted by atomic mass is 9.92. The van der Waals surface area contributed by atoms with Crippen LogP contribution in [0, 0.1) is 11.7 Å².